The van der Waals surface area contributed by atoms with Gasteiger partial charge in [-0.15, -0.1) is 0 Å². The predicted molar refractivity (Wildman–Crippen MR) is 85.9 cm³/mol. The van der Waals surface area contributed by atoms with Crippen LogP contribution in [0.15, 0.2) is 66.7 Å². The molecule has 5 heteroatoms. The molecular weight excluding hydrogens is 292 g/mol. The van der Waals surface area contributed by atoms with E-state index in [2.05, 4.69) is 0 Å². The summed E-state index contributed by atoms with van der Waals surface area (Å²) in [4.78, 5) is 22.3. The maximum absolute atomic E-state index is 12.2. The van der Waals surface area contributed by atoms with Crippen LogP contribution in [0.1, 0.15) is 16.1 Å². The SMILES string of the molecule is O=C(C[N+](=O)[O-])c1ccc2ccccc2[n+]1Cc1ccccc1. The Balaban J connectivity index is 2.13. The molecular formula is C18H15N2O3+. The number of benzene rings is 2. The molecule has 0 aliphatic carbocycles. The monoisotopic (exact) mass is 307 g/mol. The number of hydrogen-bond donors (Lipinski definition) is 0. The molecule has 1 heterocycles. The first-order valence-electron chi connectivity index (χ1n) is 7.25. The molecule has 0 aliphatic rings. The number of fused-ring (bicyclic) bond motifs is 1. The number of Topliss-reactive ketones (excluding diaryl/α,β-unsaturated/α-hetero) is 1. The van der Waals surface area contributed by atoms with E-state index in [1.165, 1.54) is 0 Å². The van der Waals surface area contributed by atoms with Gasteiger partial charge >= 0.3 is 0 Å². The summed E-state index contributed by atoms with van der Waals surface area (Å²) in [5.41, 5.74) is 2.26. The zero-order valence-electron chi connectivity index (χ0n) is 12.4. The first-order valence-corrected chi connectivity index (χ1v) is 7.25. The lowest BCUT2D eigenvalue weighted by Crippen LogP contribution is -2.43. The Morgan fingerprint density at radius 1 is 0.957 bits per heavy atom. The third kappa shape index (κ3) is 3.23. The third-order valence-electron chi connectivity index (χ3n) is 3.68. The minimum atomic E-state index is -0.701. The smallest absolute Gasteiger partial charge is 0.280 e. The zero-order chi connectivity index (χ0) is 16.2. The van der Waals surface area contributed by atoms with Gasteiger partial charge in [-0.2, -0.15) is 4.57 Å². The molecule has 1 aromatic heterocycles. The van der Waals surface area contributed by atoms with Crippen molar-refractivity contribution < 1.29 is 14.3 Å². The number of para-hydroxylation sites is 1. The fourth-order valence-electron chi connectivity index (χ4n) is 2.64. The van der Waals surface area contributed by atoms with Crippen LogP contribution in [0.5, 0.6) is 0 Å². The summed E-state index contributed by atoms with van der Waals surface area (Å²) >= 11 is 0. The van der Waals surface area contributed by atoms with E-state index in [4.69, 9.17) is 0 Å². The molecule has 23 heavy (non-hydrogen) atoms. The Hall–Kier alpha value is -3.08. The van der Waals surface area contributed by atoms with E-state index in [0.29, 0.717) is 12.2 Å². The van der Waals surface area contributed by atoms with Crippen molar-refractivity contribution in [2.75, 3.05) is 6.54 Å². The molecule has 5 nitrogen and oxygen atoms in total. The van der Waals surface area contributed by atoms with Crippen LogP contribution in [-0.4, -0.2) is 17.3 Å². The van der Waals surface area contributed by atoms with Crippen LogP contribution in [0, 0.1) is 10.1 Å². The highest BCUT2D eigenvalue weighted by Crippen LogP contribution is 2.12. The second-order valence-electron chi connectivity index (χ2n) is 5.26. The van der Waals surface area contributed by atoms with Crippen molar-refractivity contribution in [2.45, 2.75) is 6.54 Å². The van der Waals surface area contributed by atoms with E-state index in [0.717, 1.165) is 16.5 Å². The van der Waals surface area contributed by atoms with E-state index >= 15 is 0 Å². The number of rotatable bonds is 5. The van der Waals surface area contributed by atoms with Crippen molar-refractivity contribution in [1.29, 1.82) is 0 Å². The van der Waals surface area contributed by atoms with Gasteiger partial charge in [0.05, 0.1) is 0 Å². The maximum Gasteiger partial charge on any atom is 0.296 e. The number of nitrogens with zero attached hydrogens (tertiary/aromatic N) is 2. The fraction of sp³-hybridized carbons (Fsp3) is 0.111. The number of nitro groups is 1. The van der Waals surface area contributed by atoms with Crippen molar-refractivity contribution in [2.24, 2.45) is 0 Å². The first-order chi connectivity index (χ1) is 11.1. The number of carbonyl (C=O) groups is 1. The Labute approximate surface area is 133 Å². The van der Waals surface area contributed by atoms with Gasteiger partial charge in [0.15, 0.2) is 6.54 Å². The standard InChI is InChI=1S/C18H15N2O3/c21-18(13-20(22)23)17-11-10-15-8-4-5-9-16(15)19(17)12-14-6-2-1-3-7-14/h1-11H,12-13H2/q+1. The molecule has 0 saturated carbocycles. The molecule has 0 saturated heterocycles. The maximum atomic E-state index is 12.2. The number of carbonyl (C=O) groups excluding carboxylic acids is 1. The molecule has 0 fully saturated rings. The lowest BCUT2D eigenvalue weighted by Gasteiger charge is -2.06. The summed E-state index contributed by atoms with van der Waals surface area (Å²) in [6, 6.07) is 20.9. The highest BCUT2D eigenvalue weighted by molar-refractivity contribution is 5.95. The molecule has 114 valence electrons. The summed E-state index contributed by atoms with van der Waals surface area (Å²) < 4.78 is 1.84. The molecule has 0 atom stereocenters. The first kappa shape index (κ1) is 14.8. The quantitative estimate of drug-likeness (QED) is 0.315. The molecule has 2 aromatic carbocycles. The zero-order valence-corrected chi connectivity index (χ0v) is 12.4. The van der Waals surface area contributed by atoms with Gasteiger partial charge in [0.1, 0.15) is 0 Å². The van der Waals surface area contributed by atoms with Gasteiger partial charge < -0.3 is 0 Å². The Morgan fingerprint density at radius 3 is 2.39 bits per heavy atom. The van der Waals surface area contributed by atoms with Crippen LogP contribution in [-0.2, 0) is 6.54 Å². The summed E-state index contributed by atoms with van der Waals surface area (Å²) in [7, 11) is 0. The minimum absolute atomic E-state index is 0.351. The van der Waals surface area contributed by atoms with Crippen LogP contribution in [0.4, 0.5) is 0 Å². The van der Waals surface area contributed by atoms with Gasteiger partial charge in [0.25, 0.3) is 18.0 Å². The number of hydrogen-bond acceptors (Lipinski definition) is 3. The lowest BCUT2D eigenvalue weighted by atomic mass is 10.1. The van der Waals surface area contributed by atoms with E-state index in [1.54, 1.807) is 6.07 Å². The average Bonchev–Trinajstić information content (AvgIpc) is 2.55. The topological polar surface area (TPSA) is 64.1 Å². The summed E-state index contributed by atoms with van der Waals surface area (Å²) in [6.07, 6.45) is 0. The highest BCUT2D eigenvalue weighted by Gasteiger charge is 2.25. The average molecular weight is 307 g/mol. The van der Waals surface area contributed by atoms with Gasteiger partial charge in [-0.3, -0.25) is 14.9 Å². The van der Waals surface area contributed by atoms with E-state index in [-0.39, 0.29) is 0 Å². The second kappa shape index (κ2) is 6.36. The van der Waals surface area contributed by atoms with Crippen LogP contribution in [0.25, 0.3) is 10.9 Å². The Kier molecular flexibility index (Phi) is 4.10. The van der Waals surface area contributed by atoms with E-state index < -0.39 is 17.3 Å². The van der Waals surface area contributed by atoms with E-state index in [1.807, 2.05) is 65.2 Å². The predicted octanol–water partition coefficient (Wildman–Crippen LogP) is 2.64. The van der Waals surface area contributed by atoms with Gasteiger partial charge in [-0.25, -0.2) is 0 Å². The van der Waals surface area contributed by atoms with Gasteiger partial charge in [-0.1, -0.05) is 42.5 Å². The Morgan fingerprint density at radius 2 is 1.65 bits per heavy atom. The summed E-state index contributed by atoms with van der Waals surface area (Å²) in [5.74, 6) is -0.489. The summed E-state index contributed by atoms with van der Waals surface area (Å²) in [6.45, 7) is -0.214. The summed E-state index contributed by atoms with van der Waals surface area (Å²) in [5, 5.41) is 11.7. The van der Waals surface area contributed by atoms with Crippen LogP contribution in [0.2, 0.25) is 0 Å². The van der Waals surface area contributed by atoms with Crippen LogP contribution >= 0.6 is 0 Å². The molecule has 0 N–H and O–H groups in total. The third-order valence-corrected chi connectivity index (χ3v) is 3.68. The molecule has 0 bridgehead atoms. The molecule has 3 aromatic rings. The van der Waals surface area contributed by atoms with Gasteiger partial charge in [-0.05, 0) is 12.1 Å². The van der Waals surface area contributed by atoms with Gasteiger partial charge in [0, 0.05) is 28.0 Å². The number of ketones is 1. The highest BCUT2D eigenvalue weighted by atomic mass is 16.6. The molecule has 0 amide bonds. The minimum Gasteiger partial charge on any atom is -0.280 e. The molecule has 0 spiro atoms. The molecule has 3 rings (SSSR count). The molecule has 0 aliphatic heterocycles. The fourth-order valence-corrected chi connectivity index (χ4v) is 2.64. The molecule has 0 radical (unpaired) electrons. The second-order valence-corrected chi connectivity index (χ2v) is 5.26. The van der Waals surface area contributed by atoms with Crippen molar-refractivity contribution in [3.63, 3.8) is 0 Å². The largest absolute Gasteiger partial charge is 0.296 e. The van der Waals surface area contributed by atoms with Crippen LogP contribution < -0.4 is 4.57 Å². The van der Waals surface area contributed by atoms with Crippen molar-refractivity contribution in [3.05, 3.63) is 88.1 Å². The van der Waals surface area contributed by atoms with Gasteiger partial charge in [0.2, 0.25) is 5.52 Å². The normalized spacial score (nSPS) is 10.6. The van der Waals surface area contributed by atoms with Crippen molar-refractivity contribution in [3.8, 4) is 0 Å². The van der Waals surface area contributed by atoms with Crippen molar-refractivity contribution >= 4 is 16.7 Å². The van der Waals surface area contributed by atoms with Crippen LogP contribution in [0.3, 0.4) is 0 Å². The van der Waals surface area contributed by atoms with Crippen molar-refractivity contribution in [1.82, 2.24) is 0 Å². The Bertz CT molecular complexity index is 876. The number of pyridine rings is 1. The number of aromatic nitrogens is 1. The van der Waals surface area contributed by atoms with E-state index in [9.17, 15) is 14.9 Å². The molecule has 0 unspecified atom stereocenters. The lowest BCUT2D eigenvalue weighted by molar-refractivity contribution is -0.664.